The summed E-state index contributed by atoms with van der Waals surface area (Å²) in [7, 11) is 1.53. The summed E-state index contributed by atoms with van der Waals surface area (Å²) in [5, 5.41) is 1.09. The summed E-state index contributed by atoms with van der Waals surface area (Å²) < 4.78 is 11.7. The average molecular weight is 448 g/mol. The monoisotopic (exact) mass is 447 g/mol. The van der Waals surface area contributed by atoms with Crippen LogP contribution in [0.25, 0.3) is 0 Å². The molecule has 1 amide bonds. The molecule has 0 atom stereocenters. The Kier molecular flexibility index (Phi) is 5.45. The molecule has 30 heavy (non-hydrogen) atoms. The Morgan fingerprint density at radius 3 is 2.53 bits per heavy atom. The van der Waals surface area contributed by atoms with Gasteiger partial charge in [-0.3, -0.25) is 9.59 Å². The number of benzene rings is 2. The predicted octanol–water partition coefficient (Wildman–Crippen LogP) is 5.26. The van der Waals surface area contributed by atoms with Gasteiger partial charge < -0.3 is 14.4 Å². The van der Waals surface area contributed by atoms with Gasteiger partial charge in [-0.25, -0.2) is 0 Å². The summed E-state index contributed by atoms with van der Waals surface area (Å²) in [4.78, 5) is 27.8. The first-order valence-electron chi connectivity index (χ1n) is 9.89. The van der Waals surface area contributed by atoms with E-state index in [1.165, 1.54) is 7.11 Å². The first-order valence-corrected chi connectivity index (χ1v) is 10.6. The summed E-state index contributed by atoms with van der Waals surface area (Å²) in [6.07, 6.45) is 1.45. The van der Waals surface area contributed by atoms with Crippen molar-refractivity contribution in [1.82, 2.24) is 4.90 Å². The molecule has 1 fully saturated rings. The Morgan fingerprint density at radius 2 is 1.87 bits per heavy atom. The molecule has 2 aliphatic rings. The number of halogens is 2. The summed E-state index contributed by atoms with van der Waals surface area (Å²) in [6, 6.07) is 6.85. The number of nitrogens with zero attached hydrogens (tertiary/aromatic N) is 1. The van der Waals surface area contributed by atoms with Crippen molar-refractivity contribution in [3.8, 4) is 11.5 Å². The molecule has 7 heteroatoms. The SMILES string of the molecule is COc1ccc(Cl)cc1C(=O)N1CCC2(CC1)CC(=O)c1c(cc(C)c(Cl)c1C)O2. The van der Waals surface area contributed by atoms with Crippen LogP contribution in [0.1, 0.15) is 51.1 Å². The van der Waals surface area contributed by atoms with Crippen molar-refractivity contribution in [3.05, 3.63) is 56.6 Å². The second kappa shape index (κ2) is 7.78. The van der Waals surface area contributed by atoms with Gasteiger partial charge in [0.05, 0.1) is 24.7 Å². The third-order valence-electron chi connectivity index (χ3n) is 6.09. The number of hydrogen-bond acceptors (Lipinski definition) is 4. The number of methoxy groups -OCH3 is 1. The topological polar surface area (TPSA) is 55.8 Å². The van der Waals surface area contributed by atoms with E-state index in [-0.39, 0.29) is 11.7 Å². The molecule has 2 aromatic carbocycles. The summed E-state index contributed by atoms with van der Waals surface area (Å²) in [6.45, 7) is 4.74. The lowest BCUT2D eigenvalue weighted by molar-refractivity contribution is -0.00586. The van der Waals surface area contributed by atoms with E-state index in [0.29, 0.717) is 65.0 Å². The van der Waals surface area contributed by atoms with Gasteiger partial charge in [-0.2, -0.15) is 0 Å². The molecule has 4 rings (SSSR count). The number of aryl methyl sites for hydroxylation is 1. The molecule has 0 saturated carbocycles. The lowest BCUT2D eigenvalue weighted by Gasteiger charge is -2.44. The number of piperidine rings is 1. The van der Waals surface area contributed by atoms with Crippen molar-refractivity contribution in [2.24, 2.45) is 0 Å². The van der Waals surface area contributed by atoms with Crippen molar-refractivity contribution >= 4 is 34.9 Å². The Balaban J connectivity index is 1.54. The Morgan fingerprint density at radius 1 is 1.17 bits per heavy atom. The maximum Gasteiger partial charge on any atom is 0.257 e. The number of carbonyl (C=O) groups excluding carboxylic acids is 2. The minimum Gasteiger partial charge on any atom is -0.496 e. The molecule has 1 spiro atoms. The van der Waals surface area contributed by atoms with Crippen LogP contribution in [-0.4, -0.2) is 42.4 Å². The normalized spacial score (nSPS) is 17.5. The molecular weight excluding hydrogens is 425 g/mol. The van der Waals surface area contributed by atoms with Crippen molar-refractivity contribution in [2.75, 3.05) is 20.2 Å². The largest absolute Gasteiger partial charge is 0.496 e. The number of Topliss-reactive ketones (excluding diaryl/α,β-unsaturated/α-hetero) is 1. The number of hydrogen-bond donors (Lipinski definition) is 0. The Hall–Kier alpha value is -2.24. The minimum atomic E-state index is -0.591. The van der Waals surface area contributed by atoms with E-state index >= 15 is 0 Å². The van der Waals surface area contributed by atoms with Crippen LogP contribution < -0.4 is 9.47 Å². The molecule has 0 N–H and O–H groups in total. The Bertz CT molecular complexity index is 1040. The lowest BCUT2D eigenvalue weighted by Crippen LogP contribution is -2.52. The molecule has 2 aromatic rings. The van der Waals surface area contributed by atoms with Gasteiger partial charge in [-0.1, -0.05) is 23.2 Å². The summed E-state index contributed by atoms with van der Waals surface area (Å²) >= 11 is 12.4. The van der Waals surface area contributed by atoms with Crippen LogP contribution in [-0.2, 0) is 0 Å². The average Bonchev–Trinajstić information content (AvgIpc) is 2.71. The van der Waals surface area contributed by atoms with Gasteiger partial charge in [0, 0.05) is 36.0 Å². The van der Waals surface area contributed by atoms with Gasteiger partial charge in [0.1, 0.15) is 17.1 Å². The molecule has 0 bridgehead atoms. The van der Waals surface area contributed by atoms with Crippen LogP contribution in [0.3, 0.4) is 0 Å². The second-order valence-corrected chi connectivity index (χ2v) is 8.84. The zero-order chi connectivity index (χ0) is 21.6. The van der Waals surface area contributed by atoms with E-state index in [1.807, 2.05) is 19.9 Å². The number of amides is 1. The third kappa shape index (κ3) is 3.54. The van der Waals surface area contributed by atoms with E-state index < -0.39 is 5.60 Å². The highest BCUT2D eigenvalue weighted by atomic mass is 35.5. The molecular formula is C23H23Cl2NO4. The van der Waals surface area contributed by atoms with Gasteiger partial charge in [0.25, 0.3) is 5.91 Å². The molecule has 0 radical (unpaired) electrons. The molecule has 1 saturated heterocycles. The van der Waals surface area contributed by atoms with Crippen LogP contribution in [0.15, 0.2) is 24.3 Å². The quantitative estimate of drug-likeness (QED) is 0.629. The molecule has 0 aliphatic carbocycles. The fourth-order valence-electron chi connectivity index (χ4n) is 4.41. The van der Waals surface area contributed by atoms with Crippen molar-refractivity contribution < 1.29 is 19.1 Å². The number of ether oxygens (including phenoxy) is 2. The fourth-order valence-corrected chi connectivity index (χ4v) is 4.73. The highest BCUT2D eigenvalue weighted by Crippen LogP contribution is 2.43. The molecule has 2 aliphatic heterocycles. The first kappa shape index (κ1) is 21.0. The smallest absolute Gasteiger partial charge is 0.257 e. The number of ketones is 1. The standard InChI is InChI=1S/C23H23Cl2NO4/c1-13-10-19-20(14(2)21(13)25)17(27)12-23(30-19)6-8-26(9-7-23)22(28)16-11-15(24)4-5-18(16)29-3/h4-5,10-11H,6-9,12H2,1-3H3. The minimum absolute atomic E-state index is 0.0481. The Labute approximate surface area is 185 Å². The molecule has 158 valence electrons. The van der Waals surface area contributed by atoms with Gasteiger partial charge in [-0.05, 0) is 49.2 Å². The van der Waals surface area contributed by atoms with Gasteiger partial charge in [0.15, 0.2) is 5.78 Å². The zero-order valence-corrected chi connectivity index (χ0v) is 18.7. The number of fused-ring (bicyclic) bond motifs is 1. The third-order valence-corrected chi connectivity index (χ3v) is 6.90. The first-order chi connectivity index (χ1) is 14.2. The van der Waals surface area contributed by atoms with E-state index in [9.17, 15) is 9.59 Å². The van der Waals surface area contributed by atoms with Gasteiger partial charge >= 0.3 is 0 Å². The number of rotatable bonds is 2. The molecule has 2 heterocycles. The highest BCUT2D eigenvalue weighted by Gasteiger charge is 2.44. The van der Waals surface area contributed by atoms with Crippen molar-refractivity contribution in [2.45, 2.75) is 38.7 Å². The lowest BCUT2D eigenvalue weighted by atomic mass is 9.81. The fraction of sp³-hybridized carbons (Fsp3) is 0.391. The highest BCUT2D eigenvalue weighted by molar-refractivity contribution is 6.33. The van der Waals surface area contributed by atoms with Crippen LogP contribution in [0.2, 0.25) is 10.0 Å². The van der Waals surface area contributed by atoms with Crippen LogP contribution in [0.5, 0.6) is 11.5 Å². The molecule has 0 unspecified atom stereocenters. The van der Waals surface area contributed by atoms with Crippen molar-refractivity contribution in [3.63, 3.8) is 0 Å². The number of likely N-dealkylation sites (tertiary alicyclic amines) is 1. The van der Waals surface area contributed by atoms with Crippen molar-refractivity contribution in [1.29, 1.82) is 0 Å². The summed E-state index contributed by atoms with van der Waals surface area (Å²) in [5.74, 6) is 1.00. The van der Waals surface area contributed by atoms with E-state index in [2.05, 4.69) is 0 Å². The molecule has 5 nitrogen and oxygen atoms in total. The maximum absolute atomic E-state index is 13.1. The van der Waals surface area contributed by atoms with Crippen LogP contribution >= 0.6 is 23.2 Å². The predicted molar refractivity (Wildman–Crippen MR) is 116 cm³/mol. The summed E-state index contributed by atoms with van der Waals surface area (Å²) in [5.41, 5.74) is 2.09. The number of carbonyl (C=O) groups is 2. The van der Waals surface area contributed by atoms with Crippen LogP contribution in [0.4, 0.5) is 0 Å². The van der Waals surface area contributed by atoms with E-state index in [4.69, 9.17) is 32.7 Å². The molecule has 0 aromatic heterocycles. The second-order valence-electron chi connectivity index (χ2n) is 8.03. The maximum atomic E-state index is 13.1. The zero-order valence-electron chi connectivity index (χ0n) is 17.2. The van der Waals surface area contributed by atoms with Gasteiger partial charge in [-0.15, -0.1) is 0 Å². The van der Waals surface area contributed by atoms with Crippen LogP contribution in [0, 0.1) is 13.8 Å². The van der Waals surface area contributed by atoms with E-state index in [0.717, 1.165) is 11.1 Å². The van der Waals surface area contributed by atoms with E-state index in [1.54, 1.807) is 23.1 Å². The van der Waals surface area contributed by atoms with Gasteiger partial charge in [0.2, 0.25) is 0 Å².